The monoisotopic (exact) mass is 558 g/mol. The molecule has 1 amide bonds. The number of hydrogen-bond donors (Lipinski definition) is 2. The van der Waals surface area contributed by atoms with Crippen molar-refractivity contribution in [3.8, 4) is 11.5 Å². The van der Waals surface area contributed by atoms with E-state index in [0.29, 0.717) is 6.61 Å². The molecule has 12 nitrogen and oxygen atoms in total. The molecule has 2 N–H and O–H groups in total. The predicted octanol–water partition coefficient (Wildman–Crippen LogP) is 2.17. The summed E-state index contributed by atoms with van der Waals surface area (Å²) >= 11 is 0. The summed E-state index contributed by atoms with van der Waals surface area (Å²) in [5.74, 6) is -5.23. The molecule has 3 rings (SSSR count). The van der Waals surface area contributed by atoms with Gasteiger partial charge in [-0.3, -0.25) is 14.4 Å². The van der Waals surface area contributed by atoms with Crippen LogP contribution in [0, 0.1) is 11.8 Å². The number of cyclic esters (lactones) is 2. The van der Waals surface area contributed by atoms with Crippen molar-refractivity contribution in [2.75, 3.05) is 20.3 Å². The second-order valence-electron chi connectivity index (χ2n) is 9.50. The maximum Gasteiger partial charge on any atom is 0.332 e. The SMILES string of the molecule is COc1ccnc(C(=O)N[C@H]2COC(=O)[C@H](CCOCc3ccccc3)[C@@H](OC(=O)C(C)C)[C@H](C)OC2=O)c1O. The van der Waals surface area contributed by atoms with Crippen LogP contribution in [0.15, 0.2) is 42.6 Å². The van der Waals surface area contributed by atoms with Crippen LogP contribution < -0.4 is 10.1 Å². The Morgan fingerprint density at radius 2 is 1.88 bits per heavy atom. The van der Waals surface area contributed by atoms with E-state index >= 15 is 0 Å². The minimum absolute atomic E-state index is 0.00405. The molecule has 0 saturated carbocycles. The first-order valence-corrected chi connectivity index (χ1v) is 12.8. The maximum absolute atomic E-state index is 13.2. The number of carbonyl (C=O) groups is 4. The third kappa shape index (κ3) is 7.92. The molecule has 2 heterocycles. The van der Waals surface area contributed by atoms with Crippen LogP contribution in [0.3, 0.4) is 0 Å². The lowest BCUT2D eigenvalue weighted by atomic mass is 9.94. The first-order valence-electron chi connectivity index (χ1n) is 12.8. The molecular formula is C28H34N2O10. The van der Waals surface area contributed by atoms with Crippen molar-refractivity contribution in [1.29, 1.82) is 0 Å². The predicted molar refractivity (Wildman–Crippen MR) is 139 cm³/mol. The zero-order valence-electron chi connectivity index (χ0n) is 22.8. The summed E-state index contributed by atoms with van der Waals surface area (Å²) in [6, 6.07) is 9.38. The lowest BCUT2D eigenvalue weighted by molar-refractivity contribution is -0.177. The Morgan fingerprint density at radius 3 is 2.55 bits per heavy atom. The number of amides is 1. The number of ether oxygens (including phenoxy) is 5. The lowest BCUT2D eigenvalue weighted by Gasteiger charge is -2.29. The number of aromatic nitrogens is 1. The highest BCUT2D eigenvalue weighted by atomic mass is 16.6. The molecule has 4 atom stereocenters. The molecule has 0 unspecified atom stereocenters. The van der Waals surface area contributed by atoms with Crippen molar-refractivity contribution in [3.05, 3.63) is 53.9 Å². The quantitative estimate of drug-likeness (QED) is 0.250. The van der Waals surface area contributed by atoms with E-state index in [-0.39, 0.29) is 18.8 Å². The van der Waals surface area contributed by atoms with Gasteiger partial charge < -0.3 is 34.1 Å². The molecular weight excluding hydrogens is 524 g/mol. The van der Waals surface area contributed by atoms with Gasteiger partial charge in [-0.2, -0.15) is 0 Å². The highest BCUT2D eigenvalue weighted by Crippen LogP contribution is 2.28. The molecule has 0 bridgehead atoms. The van der Waals surface area contributed by atoms with E-state index < -0.39 is 72.0 Å². The maximum atomic E-state index is 13.2. The van der Waals surface area contributed by atoms with Gasteiger partial charge in [0.15, 0.2) is 29.3 Å². The molecule has 0 radical (unpaired) electrons. The summed E-state index contributed by atoms with van der Waals surface area (Å²) in [4.78, 5) is 55.4. The third-order valence-corrected chi connectivity index (χ3v) is 6.18. The zero-order valence-corrected chi connectivity index (χ0v) is 22.8. The van der Waals surface area contributed by atoms with E-state index in [1.165, 1.54) is 26.3 Å². The van der Waals surface area contributed by atoms with Gasteiger partial charge in [0.1, 0.15) is 12.7 Å². The second kappa shape index (κ2) is 14.3. The zero-order chi connectivity index (χ0) is 29.2. The Kier molecular flexibility index (Phi) is 10.8. The number of pyridine rings is 1. The summed E-state index contributed by atoms with van der Waals surface area (Å²) in [5.41, 5.74) is 0.545. The minimum atomic E-state index is -1.43. The number of aromatic hydroxyl groups is 1. The molecule has 0 spiro atoms. The Bertz CT molecular complexity index is 1190. The molecule has 1 aliphatic rings. The van der Waals surface area contributed by atoms with E-state index in [9.17, 15) is 24.3 Å². The smallest absolute Gasteiger partial charge is 0.332 e. The topological polar surface area (TPSA) is 160 Å². The van der Waals surface area contributed by atoms with Gasteiger partial charge >= 0.3 is 17.9 Å². The molecule has 1 fully saturated rings. The Morgan fingerprint density at radius 1 is 1.15 bits per heavy atom. The van der Waals surface area contributed by atoms with Gasteiger partial charge in [0.25, 0.3) is 5.91 Å². The first kappa shape index (κ1) is 30.4. The molecule has 1 aromatic heterocycles. The number of esters is 3. The summed E-state index contributed by atoms with van der Waals surface area (Å²) < 4.78 is 27.3. The Hall–Kier alpha value is -4.19. The van der Waals surface area contributed by atoms with E-state index in [1.807, 2.05) is 30.3 Å². The molecule has 1 aliphatic heterocycles. The molecule has 12 heteroatoms. The standard InChI is InChI=1S/C28H34N2O10/c1-16(2)26(33)40-24-17(3)39-28(35)20(30-25(32)22-23(31)21(36-4)10-12-29-22)15-38-27(34)19(24)11-13-37-14-18-8-6-5-7-9-18/h5-10,12,16-17,19-20,24,31H,11,13-15H2,1-4H3,(H,30,32)/t17-,19+,20-,24-/m0/s1. The summed E-state index contributed by atoms with van der Waals surface area (Å²) in [7, 11) is 1.30. The second-order valence-corrected chi connectivity index (χ2v) is 9.50. The molecule has 0 aliphatic carbocycles. The number of methoxy groups -OCH3 is 1. The Labute approximate surface area is 231 Å². The molecule has 2 aromatic rings. The lowest BCUT2D eigenvalue weighted by Crippen LogP contribution is -2.46. The average molecular weight is 559 g/mol. The van der Waals surface area contributed by atoms with Crippen LogP contribution in [0.1, 0.15) is 43.2 Å². The Balaban J connectivity index is 1.77. The molecule has 1 saturated heterocycles. The number of nitrogens with one attached hydrogen (secondary N) is 1. The van der Waals surface area contributed by atoms with Crippen LogP contribution in [0.5, 0.6) is 11.5 Å². The fourth-order valence-electron chi connectivity index (χ4n) is 3.93. The van der Waals surface area contributed by atoms with Gasteiger partial charge in [0, 0.05) is 18.9 Å². The molecule has 1 aromatic carbocycles. The van der Waals surface area contributed by atoms with Gasteiger partial charge in [-0.25, -0.2) is 9.78 Å². The van der Waals surface area contributed by atoms with Crippen molar-refractivity contribution in [1.82, 2.24) is 10.3 Å². The third-order valence-electron chi connectivity index (χ3n) is 6.18. The summed E-state index contributed by atoms with van der Waals surface area (Å²) in [5, 5.41) is 12.6. The van der Waals surface area contributed by atoms with Gasteiger partial charge in [-0.05, 0) is 18.9 Å². The summed E-state index contributed by atoms with van der Waals surface area (Å²) in [6.07, 6.45) is -0.870. The van der Waals surface area contributed by atoms with E-state index in [2.05, 4.69) is 10.3 Å². The van der Waals surface area contributed by atoms with Crippen LogP contribution >= 0.6 is 0 Å². The fraction of sp³-hybridized carbons (Fsp3) is 0.464. The van der Waals surface area contributed by atoms with Crippen LogP contribution in [0.25, 0.3) is 0 Å². The minimum Gasteiger partial charge on any atom is -0.503 e. The van der Waals surface area contributed by atoms with Gasteiger partial charge in [-0.15, -0.1) is 0 Å². The number of hydrogen-bond acceptors (Lipinski definition) is 11. The van der Waals surface area contributed by atoms with E-state index in [4.69, 9.17) is 23.7 Å². The summed E-state index contributed by atoms with van der Waals surface area (Å²) in [6.45, 7) is 4.64. The molecule has 40 heavy (non-hydrogen) atoms. The fourth-order valence-corrected chi connectivity index (χ4v) is 3.93. The van der Waals surface area contributed by atoms with Crippen LogP contribution in [0.2, 0.25) is 0 Å². The van der Waals surface area contributed by atoms with Crippen molar-refractivity contribution >= 4 is 23.8 Å². The van der Waals surface area contributed by atoms with Crippen LogP contribution in [-0.4, -0.2) is 72.5 Å². The van der Waals surface area contributed by atoms with Crippen molar-refractivity contribution in [2.45, 2.75) is 52.0 Å². The number of nitrogens with zero attached hydrogens (tertiary/aromatic N) is 1. The highest BCUT2D eigenvalue weighted by Gasteiger charge is 2.42. The van der Waals surface area contributed by atoms with Crippen LogP contribution in [-0.2, 0) is 39.9 Å². The van der Waals surface area contributed by atoms with Crippen molar-refractivity contribution in [2.24, 2.45) is 11.8 Å². The van der Waals surface area contributed by atoms with Gasteiger partial charge in [0.2, 0.25) is 0 Å². The number of carbonyl (C=O) groups excluding carboxylic acids is 4. The van der Waals surface area contributed by atoms with Gasteiger partial charge in [-0.1, -0.05) is 44.2 Å². The molecule has 216 valence electrons. The van der Waals surface area contributed by atoms with Crippen molar-refractivity contribution < 1.29 is 48.0 Å². The largest absolute Gasteiger partial charge is 0.503 e. The average Bonchev–Trinajstić information content (AvgIpc) is 2.97. The highest BCUT2D eigenvalue weighted by molar-refractivity contribution is 5.98. The first-order chi connectivity index (χ1) is 19.1. The van der Waals surface area contributed by atoms with Crippen molar-refractivity contribution in [3.63, 3.8) is 0 Å². The van der Waals surface area contributed by atoms with Crippen LogP contribution in [0.4, 0.5) is 0 Å². The van der Waals surface area contributed by atoms with E-state index in [1.54, 1.807) is 13.8 Å². The van der Waals surface area contributed by atoms with Gasteiger partial charge in [0.05, 0.1) is 25.6 Å². The number of benzene rings is 1. The van der Waals surface area contributed by atoms with E-state index in [0.717, 1.165) is 5.56 Å². The normalized spacial score (nSPS) is 21.3. The number of rotatable bonds is 10.